The highest BCUT2D eigenvalue weighted by Crippen LogP contribution is 2.67. The molecule has 8 rings (SSSR count). The molecule has 5 nitrogen and oxygen atoms in total. The van der Waals surface area contributed by atoms with Gasteiger partial charge in [-0.05, 0) is 149 Å². The third-order valence-corrected chi connectivity index (χ3v) is 16.7. The summed E-state index contributed by atoms with van der Waals surface area (Å²) in [5, 5.41) is 0. The second kappa shape index (κ2) is 11.2. The Labute approximate surface area is 282 Å². The fraction of sp³-hybridized carbons (Fsp3) is 0.786. The molecule has 0 aromatic heterocycles. The summed E-state index contributed by atoms with van der Waals surface area (Å²) in [6.45, 7) is 13.9. The van der Waals surface area contributed by atoms with Crippen LogP contribution in [0.1, 0.15) is 137 Å². The normalized spacial score (nSPS) is 48.4. The van der Waals surface area contributed by atoms with Crippen LogP contribution in [-0.2, 0) is 23.9 Å². The molecular formula is C42H58O5. The maximum Gasteiger partial charge on any atom is 0.317 e. The Bertz CT molecular complexity index is 1330. The molecule has 0 bridgehead atoms. The van der Waals surface area contributed by atoms with E-state index in [4.69, 9.17) is 9.47 Å². The minimum atomic E-state index is -0.405. The van der Waals surface area contributed by atoms with Crippen LogP contribution in [0.15, 0.2) is 35.5 Å². The number of ketones is 1. The first-order valence-electron chi connectivity index (χ1n) is 19.4. The molecule has 0 spiro atoms. The van der Waals surface area contributed by atoms with Gasteiger partial charge in [0.15, 0.2) is 5.78 Å². The van der Waals surface area contributed by atoms with Crippen molar-refractivity contribution in [3.63, 3.8) is 0 Å². The predicted octanol–water partition coefficient (Wildman–Crippen LogP) is 9.25. The van der Waals surface area contributed by atoms with Gasteiger partial charge in [0, 0.05) is 17.3 Å². The molecule has 0 amide bonds. The number of hydrogen-bond acceptors (Lipinski definition) is 5. The average Bonchev–Trinajstić information content (AvgIpc) is 3.53. The first-order chi connectivity index (χ1) is 22.3. The van der Waals surface area contributed by atoms with E-state index in [2.05, 4.69) is 40.3 Å². The van der Waals surface area contributed by atoms with Crippen molar-refractivity contribution in [2.75, 3.05) is 0 Å². The molecule has 256 valence electrons. The van der Waals surface area contributed by atoms with Crippen LogP contribution in [-0.4, -0.2) is 29.9 Å². The zero-order chi connectivity index (χ0) is 32.9. The highest BCUT2D eigenvalue weighted by molar-refractivity contribution is 5.92. The first-order valence-corrected chi connectivity index (χ1v) is 19.4. The number of esters is 2. The van der Waals surface area contributed by atoms with Gasteiger partial charge in [-0.2, -0.15) is 0 Å². The van der Waals surface area contributed by atoms with Gasteiger partial charge in [-0.3, -0.25) is 14.4 Å². The monoisotopic (exact) mass is 642 g/mol. The van der Waals surface area contributed by atoms with Crippen LogP contribution in [0.4, 0.5) is 0 Å². The van der Waals surface area contributed by atoms with Crippen molar-refractivity contribution in [3.05, 3.63) is 35.5 Å². The van der Waals surface area contributed by atoms with Gasteiger partial charge in [-0.1, -0.05) is 57.1 Å². The van der Waals surface area contributed by atoms with Crippen molar-refractivity contribution in [3.8, 4) is 0 Å². The van der Waals surface area contributed by atoms with Crippen LogP contribution in [0.25, 0.3) is 0 Å². The fourth-order valence-corrected chi connectivity index (χ4v) is 14.0. The van der Waals surface area contributed by atoms with Crippen molar-refractivity contribution >= 4 is 17.7 Å². The Morgan fingerprint density at radius 3 is 1.66 bits per heavy atom. The highest BCUT2D eigenvalue weighted by atomic mass is 16.6. The van der Waals surface area contributed by atoms with Gasteiger partial charge >= 0.3 is 11.9 Å². The Hall–Kier alpha value is -2.17. The SMILES string of the molecule is C=C1C=C2CCC3C(CC[C@@]4(C)C3CC[C@@H]4OC(=O)CC(=O)O[C@H]3CCC4C5CCC6=CC(=O)CC[C@]6(C)C5CC[C@@]43C)[C@@]2(C)CC1. The van der Waals surface area contributed by atoms with Crippen molar-refractivity contribution in [1.82, 2.24) is 0 Å². The topological polar surface area (TPSA) is 69.7 Å². The van der Waals surface area contributed by atoms with Crippen LogP contribution >= 0.6 is 0 Å². The second-order valence-electron chi connectivity index (χ2n) is 18.5. The molecule has 0 aliphatic heterocycles. The number of carbonyl (C=O) groups excluding carboxylic acids is 3. The lowest BCUT2D eigenvalue weighted by atomic mass is 9.47. The van der Waals surface area contributed by atoms with Crippen molar-refractivity contribution in [1.29, 1.82) is 0 Å². The average molecular weight is 643 g/mol. The molecule has 8 aliphatic rings. The zero-order valence-corrected chi connectivity index (χ0v) is 29.5. The largest absolute Gasteiger partial charge is 0.461 e. The number of rotatable bonds is 4. The molecule has 0 aromatic rings. The summed E-state index contributed by atoms with van der Waals surface area (Å²) in [6, 6.07) is 0. The summed E-state index contributed by atoms with van der Waals surface area (Å²) < 4.78 is 12.4. The third kappa shape index (κ3) is 4.84. The Morgan fingerprint density at radius 1 is 0.638 bits per heavy atom. The lowest BCUT2D eigenvalue weighted by molar-refractivity contribution is -0.171. The van der Waals surface area contributed by atoms with Crippen LogP contribution in [0.2, 0.25) is 0 Å². The number of carbonyl (C=O) groups is 3. The lowest BCUT2D eigenvalue weighted by Gasteiger charge is -2.58. The van der Waals surface area contributed by atoms with E-state index < -0.39 is 11.9 Å². The van der Waals surface area contributed by atoms with E-state index in [0.717, 1.165) is 70.6 Å². The van der Waals surface area contributed by atoms with Gasteiger partial charge in [0.1, 0.15) is 18.6 Å². The van der Waals surface area contributed by atoms with E-state index in [0.29, 0.717) is 53.1 Å². The van der Waals surface area contributed by atoms with E-state index in [-0.39, 0.29) is 34.9 Å². The third-order valence-electron chi connectivity index (χ3n) is 16.7. The van der Waals surface area contributed by atoms with Gasteiger partial charge in [-0.15, -0.1) is 0 Å². The summed E-state index contributed by atoms with van der Waals surface area (Å²) in [5.74, 6) is 3.26. The number of allylic oxidation sites excluding steroid dienone is 4. The highest BCUT2D eigenvalue weighted by Gasteiger charge is 2.61. The van der Waals surface area contributed by atoms with E-state index in [1.54, 1.807) is 5.57 Å². The maximum atomic E-state index is 13.3. The zero-order valence-electron chi connectivity index (χ0n) is 29.5. The van der Waals surface area contributed by atoms with E-state index >= 15 is 0 Å². The molecule has 0 radical (unpaired) electrons. The minimum Gasteiger partial charge on any atom is -0.461 e. The van der Waals surface area contributed by atoms with Gasteiger partial charge in [0.25, 0.3) is 0 Å². The van der Waals surface area contributed by atoms with Crippen LogP contribution in [0.3, 0.4) is 0 Å². The van der Waals surface area contributed by atoms with Crippen LogP contribution in [0.5, 0.6) is 0 Å². The molecule has 5 heteroatoms. The van der Waals surface area contributed by atoms with Gasteiger partial charge in [-0.25, -0.2) is 0 Å². The van der Waals surface area contributed by atoms with Crippen molar-refractivity contribution in [2.45, 2.75) is 149 Å². The Morgan fingerprint density at radius 2 is 1.13 bits per heavy atom. The summed E-state index contributed by atoms with van der Waals surface area (Å²) in [5.41, 5.74) is 4.73. The lowest BCUT2D eigenvalue weighted by Crippen LogP contribution is -2.51. The molecule has 47 heavy (non-hydrogen) atoms. The standard InChI is InChI=1S/C42H58O5/c1-25-14-18-39(2)26(22-25)6-8-29-31-10-12-35(41(31,4)20-16-33(29)39)46-37(44)24-38(45)47-36-13-11-32-30-9-7-27-23-28(43)15-19-40(27,3)34(30)17-21-42(32,36)5/h22-23,29-36H,1,6-21,24H2,2-5H3/t29?,30?,31?,32?,33?,34?,35-,36-,39-,40-,41-,42-/m0/s1. The fourth-order valence-electron chi connectivity index (χ4n) is 14.0. The van der Waals surface area contributed by atoms with Crippen LogP contribution in [0, 0.1) is 57.2 Å². The molecule has 0 saturated heterocycles. The molecular weight excluding hydrogens is 584 g/mol. The maximum absolute atomic E-state index is 13.3. The van der Waals surface area contributed by atoms with Gasteiger partial charge in [0.05, 0.1) is 0 Å². The number of hydrogen-bond donors (Lipinski definition) is 0. The summed E-state index contributed by atoms with van der Waals surface area (Å²) in [6.07, 6.45) is 21.0. The van der Waals surface area contributed by atoms with Gasteiger partial charge < -0.3 is 9.47 Å². The van der Waals surface area contributed by atoms with E-state index in [9.17, 15) is 14.4 Å². The number of fused-ring (bicyclic) bond motifs is 10. The molecule has 0 aromatic carbocycles. The molecule has 6 fully saturated rings. The second-order valence-corrected chi connectivity index (χ2v) is 18.5. The van der Waals surface area contributed by atoms with Gasteiger partial charge in [0.2, 0.25) is 0 Å². The van der Waals surface area contributed by atoms with E-state index in [1.807, 2.05) is 6.08 Å². The predicted molar refractivity (Wildman–Crippen MR) is 182 cm³/mol. The molecule has 0 heterocycles. The summed E-state index contributed by atoms with van der Waals surface area (Å²) >= 11 is 0. The smallest absolute Gasteiger partial charge is 0.317 e. The Kier molecular flexibility index (Phi) is 7.62. The molecule has 6 unspecified atom stereocenters. The Balaban J connectivity index is 0.880. The molecule has 8 aliphatic carbocycles. The molecule has 12 atom stereocenters. The molecule has 0 N–H and O–H groups in total. The quantitative estimate of drug-likeness (QED) is 0.226. The van der Waals surface area contributed by atoms with Crippen molar-refractivity contribution in [2.24, 2.45) is 57.2 Å². The van der Waals surface area contributed by atoms with Crippen LogP contribution < -0.4 is 0 Å². The molecule has 6 saturated carbocycles. The van der Waals surface area contributed by atoms with E-state index in [1.165, 1.54) is 36.8 Å². The first kappa shape index (κ1) is 32.1. The minimum absolute atomic E-state index is 0.00132. The summed E-state index contributed by atoms with van der Waals surface area (Å²) in [7, 11) is 0. The summed E-state index contributed by atoms with van der Waals surface area (Å²) in [4.78, 5) is 38.8. The van der Waals surface area contributed by atoms with Crippen molar-refractivity contribution < 1.29 is 23.9 Å². The number of ether oxygens (including phenoxy) is 2.